The lowest BCUT2D eigenvalue weighted by molar-refractivity contribution is -0.143. The molecular formula is C22H37N9O7. The molecule has 0 fully saturated rings. The van der Waals surface area contributed by atoms with Gasteiger partial charge in [-0.05, 0) is 25.2 Å². The highest BCUT2D eigenvalue weighted by Gasteiger charge is 2.32. The van der Waals surface area contributed by atoms with E-state index in [9.17, 15) is 29.1 Å². The van der Waals surface area contributed by atoms with E-state index in [2.05, 4.69) is 30.9 Å². The summed E-state index contributed by atoms with van der Waals surface area (Å²) in [6, 6.07) is -4.81. The SMILES string of the molecule is CC(C)C(NC(=O)C(N)Cc1cnc[nH]1)C(=O)NC(CCC(=O)O)C(=O)NC(CCCN=C(N)N)C(=O)O. The normalized spacial score (nSPS) is 14.0. The number of aromatic nitrogens is 2. The van der Waals surface area contributed by atoms with Crippen LogP contribution in [0.3, 0.4) is 0 Å². The van der Waals surface area contributed by atoms with Gasteiger partial charge in [-0.1, -0.05) is 13.8 Å². The lowest BCUT2D eigenvalue weighted by atomic mass is 10.0. The van der Waals surface area contributed by atoms with Crippen molar-refractivity contribution in [3.8, 4) is 0 Å². The molecule has 1 aromatic rings. The van der Waals surface area contributed by atoms with Gasteiger partial charge < -0.3 is 48.3 Å². The second-order valence-corrected chi connectivity index (χ2v) is 8.96. The predicted molar refractivity (Wildman–Crippen MR) is 135 cm³/mol. The van der Waals surface area contributed by atoms with E-state index in [1.807, 2.05) is 0 Å². The molecule has 16 heteroatoms. The first kappa shape index (κ1) is 31.8. The lowest BCUT2D eigenvalue weighted by Gasteiger charge is -2.26. The van der Waals surface area contributed by atoms with Crippen molar-refractivity contribution >= 4 is 35.6 Å². The molecule has 4 unspecified atom stereocenters. The molecule has 1 heterocycles. The van der Waals surface area contributed by atoms with Crippen LogP contribution in [0.4, 0.5) is 0 Å². The zero-order valence-corrected chi connectivity index (χ0v) is 21.3. The standard InChI is InChI=1S/C22H37N9O7/c1-11(2)17(31-18(34)13(23)8-12-9-26-10-28-12)20(36)29-14(5-6-16(32)33)19(35)30-15(21(37)38)4-3-7-27-22(24)25/h9-11,13-15,17H,3-8,23H2,1-2H3,(H,26,28)(H,29,36)(H,30,35)(H,31,34)(H,32,33)(H,37,38)(H4,24,25,27). The molecule has 0 saturated carbocycles. The molecule has 0 radical (unpaired) electrons. The van der Waals surface area contributed by atoms with Gasteiger partial charge in [0.25, 0.3) is 0 Å². The first-order valence-electron chi connectivity index (χ1n) is 12.0. The van der Waals surface area contributed by atoms with Crippen LogP contribution >= 0.6 is 0 Å². The van der Waals surface area contributed by atoms with Gasteiger partial charge in [0.2, 0.25) is 17.7 Å². The van der Waals surface area contributed by atoms with E-state index in [0.29, 0.717) is 5.69 Å². The summed E-state index contributed by atoms with van der Waals surface area (Å²) >= 11 is 0. The Kier molecular flexibility index (Phi) is 13.2. The Bertz CT molecular complexity index is 978. The first-order valence-corrected chi connectivity index (χ1v) is 12.0. The molecule has 0 aliphatic rings. The molecule has 38 heavy (non-hydrogen) atoms. The summed E-state index contributed by atoms with van der Waals surface area (Å²) in [5.41, 5.74) is 17.0. The molecule has 16 nitrogen and oxygen atoms in total. The fourth-order valence-electron chi connectivity index (χ4n) is 3.35. The second kappa shape index (κ2) is 15.8. The Balaban J connectivity index is 2.91. The Labute approximate surface area is 219 Å². The van der Waals surface area contributed by atoms with Gasteiger partial charge in [0.05, 0.1) is 12.4 Å². The number of nitrogens with one attached hydrogen (secondary N) is 4. The topological polar surface area (TPSA) is 281 Å². The van der Waals surface area contributed by atoms with E-state index in [4.69, 9.17) is 22.3 Å². The van der Waals surface area contributed by atoms with Gasteiger partial charge in [-0.15, -0.1) is 0 Å². The molecule has 212 valence electrons. The fraction of sp³-hybridized carbons (Fsp3) is 0.591. The number of guanidine groups is 1. The molecule has 3 amide bonds. The number of carbonyl (C=O) groups is 5. The molecular weight excluding hydrogens is 502 g/mol. The summed E-state index contributed by atoms with van der Waals surface area (Å²) < 4.78 is 0. The van der Waals surface area contributed by atoms with Crippen molar-refractivity contribution in [2.75, 3.05) is 6.54 Å². The van der Waals surface area contributed by atoms with Crippen LogP contribution in [0.25, 0.3) is 0 Å². The number of carboxylic acids is 2. The van der Waals surface area contributed by atoms with E-state index < -0.39 is 66.2 Å². The number of nitrogens with two attached hydrogens (primary N) is 3. The van der Waals surface area contributed by atoms with E-state index in [0.717, 1.165) is 0 Å². The summed E-state index contributed by atoms with van der Waals surface area (Å²) in [4.78, 5) is 71.7. The Morgan fingerprint density at radius 2 is 1.66 bits per heavy atom. The van der Waals surface area contributed by atoms with Crippen LogP contribution in [0.1, 0.15) is 45.2 Å². The molecule has 4 atom stereocenters. The third-order valence-corrected chi connectivity index (χ3v) is 5.42. The van der Waals surface area contributed by atoms with Crippen LogP contribution in [-0.2, 0) is 30.4 Å². The van der Waals surface area contributed by atoms with Gasteiger partial charge in [0, 0.05) is 31.3 Å². The van der Waals surface area contributed by atoms with Crippen LogP contribution < -0.4 is 33.2 Å². The van der Waals surface area contributed by atoms with E-state index in [-0.39, 0.29) is 38.2 Å². The van der Waals surface area contributed by atoms with Crippen molar-refractivity contribution in [1.29, 1.82) is 0 Å². The summed E-state index contributed by atoms with van der Waals surface area (Å²) in [5.74, 6) is -5.40. The van der Waals surface area contributed by atoms with Crippen molar-refractivity contribution in [2.45, 2.75) is 70.1 Å². The maximum Gasteiger partial charge on any atom is 0.326 e. The molecule has 0 aliphatic carbocycles. The summed E-state index contributed by atoms with van der Waals surface area (Å²) in [6.07, 6.45) is 2.52. The number of carboxylic acid groups (broad SMARTS) is 2. The molecule has 1 aromatic heterocycles. The fourth-order valence-corrected chi connectivity index (χ4v) is 3.35. The summed E-state index contributed by atoms with van der Waals surface area (Å²) in [5, 5.41) is 25.8. The first-order chi connectivity index (χ1) is 17.8. The van der Waals surface area contributed by atoms with E-state index in [1.165, 1.54) is 12.5 Å². The van der Waals surface area contributed by atoms with Crippen LogP contribution in [0.2, 0.25) is 0 Å². The van der Waals surface area contributed by atoms with Gasteiger partial charge in [-0.3, -0.25) is 24.2 Å². The number of aliphatic carboxylic acids is 2. The molecule has 0 bridgehead atoms. The highest BCUT2D eigenvalue weighted by atomic mass is 16.4. The Morgan fingerprint density at radius 3 is 2.18 bits per heavy atom. The quantitative estimate of drug-likeness (QED) is 0.0561. The summed E-state index contributed by atoms with van der Waals surface area (Å²) in [7, 11) is 0. The zero-order valence-electron chi connectivity index (χ0n) is 21.3. The highest BCUT2D eigenvalue weighted by Crippen LogP contribution is 2.08. The third kappa shape index (κ3) is 11.7. The van der Waals surface area contributed by atoms with Crippen molar-refractivity contribution in [1.82, 2.24) is 25.9 Å². The van der Waals surface area contributed by atoms with Crippen LogP contribution in [-0.4, -0.2) is 86.5 Å². The zero-order chi connectivity index (χ0) is 28.8. The maximum atomic E-state index is 13.0. The number of carbonyl (C=O) groups excluding carboxylic acids is 3. The van der Waals surface area contributed by atoms with Gasteiger partial charge in [0.15, 0.2) is 5.96 Å². The van der Waals surface area contributed by atoms with Crippen LogP contribution in [0.5, 0.6) is 0 Å². The average molecular weight is 540 g/mol. The minimum absolute atomic E-state index is 0.0175. The summed E-state index contributed by atoms with van der Waals surface area (Å²) in [6.45, 7) is 3.46. The number of rotatable bonds is 17. The molecule has 0 aromatic carbocycles. The lowest BCUT2D eigenvalue weighted by Crippen LogP contribution is -2.58. The number of nitrogens with zero attached hydrogens (tertiary/aromatic N) is 2. The maximum absolute atomic E-state index is 13.0. The Morgan fingerprint density at radius 1 is 1.00 bits per heavy atom. The number of imidazole rings is 1. The highest BCUT2D eigenvalue weighted by molar-refractivity contribution is 5.94. The van der Waals surface area contributed by atoms with Crippen LogP contribution in [0.15, 0.2) is 17.5 Å². The number of aliphatic imine (C=N–C) groups is 1. The van der Waals surface area contributed by atoms with E-state index >= 15 is 0 Å². The third-order valence-electron chi connectivity index (χ3n) is 5.42. The molecule has 1 rings (SSSR count). The van der Waals surface area contributed by atoms with Gasteiger partial charge >= 0.3 is 11.9 Å². The van der Waals surface area contributed by atoms with Gasteiger partial charge in [-0.25, -0.2) is 9.78 Å². The number of aromatic amines is 1. The van der Waals surface area contributed by atoms with Crippen molar-refractivity contribution in [2.24, 2.45) is 28.1 Å². The van der Waals surface area contributed by atoms with Crippen molar-refractivity contribution in [3.63, 3.8) is 0 Å². The Hall–Kier alpha value is -4.21. The number of H-pyrrole nitrogens is 1. The van der Waals surface area contributed by atoms with Gasteiger partial charge in [0.1, 0.15) is 18.1 Å². The minimum Gasteiger partial charge on any atom is -0.481 e. The molecule has 12 N–H and O–H groups in total. The van der Waals surface area contributed by atoms with Crippen LogP contribution in [0, 0.1) is 5.92 Å². The average Bonchev–Trinajstić information content (AvgIpc) is 3.33. The number of amides is 3. The largest absolute Gasteiger partial charge is 0.481 e. The molecule has 0 saturated heterocycles. The number of hydrogen-bond acceptors (Lipinski definition) is 8. The smallest absolute Gasteiger partial charge is 0.326 e. The second-order valence-electron chi connectivity index (χ2n) is 8.96. The van der Waals surface area contributed by atoms with Crippen molar-refractivity contribution in [3.05, 3.63) is 18.2 Å². The predicted octanol–water partition coefficient (Wildman–Crippen LogP) is -2.61. The van der Waals surface area contributed by atoms with E-state index in [1.54, 1.807) is 13.8 Å². The molecule has 0 aliphatic heterocycles. The minimum atomic E-state index is -1.38. The monoisotopic (exact) mass is 539 g/mol. The molecule has 0 spiro atoms. The van der Waals surface area contributed by atoms with Gasteiger partial charge in [-0.2, -0.15) is 0 Å². The van der Waals surface area contributed by atoms with Crippen molar-refractivity contribution < 1.29 is 34.2 Å². The number of hydrogen-bond donors (Lipinski definition) is 9.